The second-order valence-corrected chi connectivity index (χ2v) is 8.58. The zero-order valence-corrected chi connectivity index (χ0v) is 25.6. The average molecular weight is 620 g/mol. The number of benzene rings is 1. The van der Waals surface area contributed by atoms with Crippen LogP contribution in [0.25, 0.3) is 0 Å². The van der Waals surface area contributed by atoms with Crippen molar-refractivity contribution in [3.63, 3.8) is 0 Å². The zero-order chi connectivity index (χ0) is 31.1. The Bertz CT molecular complexity index is 782. The van der Waals surface area contributed by atoms with Crippen molar-refractivity contribution in [2.45, 2.75) is 6.92 Å². The summed E-state index contributed by atoms with van der Waals surface area (Å²) in [5, 5.41) is 2.70. The summed E-state index contributed by atoms with van der Waals surface area (Å²) in [6.45, 7) is 9.66. The molecule has 1 amide bonds. The van der Waals surface area contributed by atoms with Gasteiger partial charge >= 0.3 is 5.97 Å². The molecular weight excluding hydrogens is 570 g/mol. The fourth-order valence-corrected chi connectivity index (χ4v) is 3.03. The Morgan fingerprint density at radius 3 is 1.16 bits per heavy atom. The molecule has 0 aliphatic rings. The van der Waals surface area contributed by atoms with E-state index in [1.807, 2.05) is 0 Å². The number of nitrogens with one attached hydrogen (secondary N) is 1. The highest BCUT2D eigenvalue weighted by Crippen LogP contribution is 2.15. The first-order valence-corrected chi connectivity index (χ1v) is 14.4. The zero-order valence-electron chi connectivity index (χ0n) is 25.6. The maximum Gasteiger partial charge on any atom is 0.331 e. The van der Waals surface area contributed by atoms with Crippen LogP contribution in [0.5, 0.6) is 5.75 Å². The van der Waals surface area contributed by atoms with Gasteiger partial charge in [0.1, 0.15) is 19.0 Å². The third-order valence-electron chi connectivity index (χ3n) is 5.09. The van der Waals surface area contributed by atoms with Gasteiger partial charge in [-0.25, -0.2) is 4.79 Å². The number of hydrogen-bond donors (Lipinski definition) is 1. The van der Waals surface area contributed by atoms with Crippen molar-refractivity contribution in [3.05, 3.63) is 24.3 Å². The van der Waals surface area contributed by atoms with Gasteiger partial charge in [-0.2, -0.15) is 0 Å². The molecule has 1 aromatic rings. The maximum atomic E-state index is 11.0. The number of rotatable bonds is 31. The summed E-state index contributed by atoms with van der Waals surface area (Å²) < 4.78 is 58.5. The van der Waals surface area contributed by atoms with Gasteiger partial charge < -0.3 is 57.4 Å². The van der Waals surface area contributed by atoms with E-state index in [4.69, 9.17) is 47.4 Å². The number of hydrogen-bond acceptors (Lipinski definition) is 13. The van der Waals surface area contributed by atoms with Crippen LogP contribution in [0.2, 0.25) is 0 Å². The lowest BCUT2D eigenvalue weighted by Crippen LogP contribution is -2.16. The fraction of sp³-hybridized carbons (Fsp3) is 0.724. The average Bonchev–Trinajstić information content (AvgIpc) is 3.00. The molecule has 248 valence electrons. The monoisotopic (exact) mass is 619 g/mol. The summed E-state index contributed by atoms with van der Waals surface area (Å²) in [6, 6.07) is 7.16. The summed E-state index contributed by atoms with van der Waals surface area (Å²) in [6.07, 6.45) is 0. The van der Waals surface area contributed by atoms with Gasteiger partial charge in [-0.15, -0.1) is 0 Å². The molecule has 0 atom stereocenters. The predicted octanol–water partition coefficient (Wildman–Crippen LogP) is 1.35. The highest BCUT2D eigenvalue weighted by molar-refractivity contribution is 5.88. The van der Waals surface area contributed by atoms with E-state index in [2.05, 4.69) is 10.1 Å². The first-order valence-electron chi connectivity index (χ1n) is 14.4. The molecule has 0 heterocycles. The lowest BCUT2D eigenvalue weighted by Gasteiger charge is -2.09. The van der Waals surface area contributed by atoms with Crippen LogP contribution >= 0.6 is 0 Å². The normalized spacial score (nSPS) is 11.0. The van der Waals surface area contributed by atoms with Crippen LogP contribution in [0.3, 0.4) is 0 Å². The lowest BCUT2D eigenvalue weighted by atomic mass is 10.3. The summed E-state index contributed by atoms with van der Waals surface area (Å²) >= 11 is 0. The molecule has 0 aliphatic carbocycles. The maximum absolute atomic E-state index is 11.0. The Morgan fingerprint density at radius 2 is 0.837 bits per heavy atom. The third kappa shape index (κ3) is 26.9. The topological polar surface area (TPSA) is 148 Å². The molecule has 0 spiro atoms. The van der Waals surface area contributed by atoms with Crippen LogP contribution in [0, 0.1) is 0 Å². The number of carbonyl (C=O) groups is 2. The summed E-state index contributed by atoms with van der Waals surface area (Å²) in [5.74, 6) is 0.191. The van der Waals surface area contributed by atoms with Gasteiger partial charge in [-0.3, -0.25) is 4.79 Å². The molecule has 0 saturated carbocycles. The Labute approximate surface area is 254 Å². The highest BCUT2D eigenvalue weighted by atomic mass is 16.6. The van der Waals surface area contributed by atoms with Crippen molar-refractivity contribution in [2.75, 3.05) is 138 Å². The van der Waals surface area contributed by atoms with Gasteiger partial charge in [0.15, 0.2) is 0 Å². The minimum absolute atomic E-state index is 0.0733. The van der Waals surface area contributed by atoms with E-state index >= 15 is 0 Å². The van der Waals surface area contributed by atoms with Crippen molar-refractivity contribution in [2.24, 2.45) is 0 Å². The minimum Gasteiger partial charge on any atom is -0.491 e. The van der Waals surface area contributed by atoms with Crippen LogP contribution in [0.15, 0.2) is 24.3 Å². The molecule has 1 aromatic carbocycles. The Morgan fingerprint density at radius 1 is 0.512 bits per heavy atom. The van der Waals surface area contributed by atoms with Crippen LogP contribution in [0.4, 0.5) is 5.69 Å². The molecule has 14 nitrogen and oxygen atoms in total. The molecule has 0 aliphatic heterocycles. The van der Waals surface area contributed by atoms with Gasteiger partial charge in [0, 0.05) is 12.6 Å². The first-order chi connectivity index (χ1) is 21.1. The number of ether oxygens (including phenoxy) is 11. The summed E-state index contributed by atoms with van der Waals surface area (Å²) in [7, 11) is 1.31. The quantitative estimate of drug-likeness (QED) is 0.0943. The largest absolute Gasteiger partial charge is 0.491 e. The second-order valence-electron chi connectivity index (χ2n) is 8.58. The highest BCUT2D eigenvalue weighted by Gasteiger charge is 2.00. The molecule has 0 bridgehead atoms. The molecule has 0 unspecified atom stereocenters. The van der Waals surface area contributed by atoms with E-state index in [-0.39, 0.29) is 12.5 Å². The van der Waals surface area contributed by atoms with E-state index in [1.54, 1.807) is 24.3 Å². The molecule has 1 N–H and O–H groups in total. The minimum atomic E-state index is -0.410. The summed E-state index contributed by atoms with van der Waals surface area (Å²) in [4.78, 5) is 21.9. The molecule has 14 heteroatoms. The Kier molecular flexibility index (Phi) is 26.6. The summed E-state index contributed by atoms with van der Waals surface area (Å²) in [5.41, 5.74) is 0.728. The van der Waals surface area contributed by atoms with Gasteiger partial charge in [0.05, 0.1) is 119 Å². The molecule has 0 aromatic heterocycles. The van der Waals surface area contributed by atoms with Gasteiger partial charge in [0.25, 0.3) is 0 Å². The van der Waals surface area contributed by atoms with Gasteiger partial charge in [-0.05, 0) is 24.3 Å². The molecule has 0 saturated heterocycles. The molecule has 0 fully saturated rings. The van der Waals surface area contributed by atoms with Crippen LogP contribution < -0.4 is 10.1 Å². The van der Waals surface area contributed by atoms with E-state index in [1.165, 1.54) is 14.0 Å². The predicted molar refractivity (Wildman–Crippen MR) is 156 cm³/mol. The van der Waals surface area contributed by atoms with Crippen LogP contribution in [0.1, 0.15) is 6.92 Å². The first kappa shape index (κ1) is 38.6. The van der Waals surface area contributed by atoms with Gasteiger partial charge in [0.2, 0.25) is 5.91 Å². The molecule has 1 rings (SSSR count). The van der Waals surface area contributed by atoms with E-state index in [0.29, 0.717) is 125 Å². The van der Waals surface area contributed by atoms with Crippen molar-refractivity contribution in [1.29, 1.82) is 0 Å². The lowest BCUT2D eigenvalue weighted by molar-refractivity contribution is -0.146. The van der Waals surface area contributed by atoms with Crippen LogP contribution in [-0.4, -0.2) is 145 Å². The van der Waals surface area contributed by atoms with E-state index in [0.717, 1.165) is 5.69 Å². The SMILES string of the molecule is COC(=O)COCCOCCOCCOCCOCCOCCOCCOCCOCCOc1ccc(NC(C)=O)cc1. The van der Waals surface area contributed by atoms with Crippen molar-refractivity contribution in [1.82, 2.24) is 0 Å². The number of anilines is 1. The second kappa shape index (κ2) is 29.7. The Hall–Kier alpha value is -2.40. The molecular formula is C29H49NO13. The smallest absolute Gasteiger partial charge is 0.331 e. The standard InChI is InChI=1S/C29H49NO13/c1-26(31)30-27-3-5-28(6-4-27)43-24-23-41-20-19-39-16-15-37-12-11-35-8-7-34-9-10-36-13-14-38-17-18-40-21-22-42-25-29(32)33-2/h3-6H,7-25H2,1-2H3,(H,30,31). The van der Waals surface area contributed by atoms with Crippen molar-refractivity contribution >= 4 is 17.6 Å². The molecule has 43 heavy (non-hydrogen) atoms. The Balaban J connectivity index is 1.68. The van der Waals surface area contributed by atoms with Gasteiger partial charge in [-0.1, -0.05) is 0 Å². The fourth-order valence-electron chi connectivity index (χ4n) is 3.03. The van der Waals surface area contributed by atoms with Crippen molar-refractivity contribution < 1.29 is 61.7 Å². The van der Waals surface area contributed by atoms with E-state index in [9.17, 15) is 9.59 Å². The van der Waals surface area contributed by atoms with Crippen LogP contribution in [-0.2, 0) is 57.0 Å². The number of carbonyl (C=O) groups excluding carboxylic acids is 2. The number of amides is 1. The third-order valence-corrected chi connectivity index (χ3v) is 5.09. The van der Waals surface area contributed by atoms with E-state index < -0.39 is 5.97 Å². The number of esters is 1. The van der Waals surface area contributed by atoms with Crippen molar-refractivity contribution in [3.8, 4) is 5.75 Å². The number of methoxy groups -OCH3 is 1. The molecule has 0 radical (unpaired) electrons.